The first-order valence-electron chi connectivity index (χ1n) is 7.32. The molecule has 0 aliphatic heterocycles. The van der Waals surface area contributed by atoms with Crippen molar-refractivity contribution in [1.82, 2.24) is 9.55 Å². The molecule has 0 saturated carbocycles. The van der Waals surface area contributed by atoms with Crippen molar-refractivity contribution < 1.29 is 4.79 Å². The highest BCUT2D eigenvalue weighted by Crippen LogP contribution is 2.17. The van der Waals surface area contributed by atoms with Crippen LogP contribution in [-0.4, -0.2) is 15.6 Å². The van der Waals surface area contributed by atoms with Crippen molar-refractivity contribution in [3.8, 4) is 0 Å². The Morgan fingerprint density at radius 3 is 2.42 bits per heavy atom. The standard InChI is InChI=1S/C17H18N4O2.ClH/c1-10-7-14-15(8-11(10)2)21(17(23)20-14)16(22)19-13-5-3-12(9-18)4-6-13;/h3-8H,9,18H2,1-2H3,(H,19,22)(H,20,23);1H. The lowest BCUT2D eigenvalue weighted by molar-refractivity contribution is 0.253. The zero-order chi connectivity index (χ0) is 16.6. The van der Waals surface area contributed by atoms with E-state index in [9.17, 15) is 9.59 Å². The number of imidazole rings is 1. The van der Waals surface area contributed by atoms with E-state index in [1.165, 1.54) is 0 Å². The van der Waals surface area contributed by atoms with Crippen LogP contribution in [0.2, 0.25) is 0 Å². The third-order valence-electron chi connectivity index (χ3n) is 3.94. The molecule has 0 spiro atoms. The van der Waals surface area contributed by atoms with Gasteiger partial charge in [0.1, 0.15) is 0 Å². The number of hydrogen-bond donors (Lipinski definition) is 3. The van der Waals surface area contributed by atoms with E-state index < -0.39 is 11.7 Å². The number of aryl methyl sites for hydroxylation is 2. The van der Waals surface area contributed by atoms with Crippen molar-refractivity contribution in [2.45, 2.75) is 20.4 Å². The quantitative estimate of drug-likeness (QED) is 0.666. The highest BCUT2D eigenvalue weighted by atomic mass is 35.5. The summed E-state index contributed by atoms with van der Waals surface area (Å²) in [5.74, 6) is 0. The van der Waals surface area contributed by atoms with Crippen LogP contribution in [0, 0.1) is 13.8 Å². The zero-order valence-corrected chi connectivity index (χ0v) is 14.2. The van der Waals surface area contributed by atoms with Crippen molar-refractivity contribution in [2.24, 2.45) is 5.73 Å². The number of nitrogens with one attached hydrogen (secondary N) is 2. The Morgan fingerprint density at radius 1 is 1.17 bits per heavy atom. The number of fused-ring (bicyclic) bond motifs is 1. The van der Waals surface area contributed by atoms with Crippen LogP contribution in [0.5, 0.6) is 0 Å². The summed E-state index contributed by atoms with van der Waals surface area (Å²) in [5.41, 5.74) is 9.96. The van der Waals surface area contributed by atoms with E-state index >= 15 is 0 Å². The Bertz CT molecular complexity index is 942. The number of carbonyl (C=O) groups excluding carboxylic acids is 1. The first-order chi connectivity index (χ1) is 11.0. The van der Waals surface area contributed by atoms with Gasteiger partial charge in [0.2, 0.25) is 0 Å². The van der Waals surface area contributed by atoms with Gasteiger partial charge < -0.3 is 16.0 Å². The van der Waals surface area contributed by atoms with Gasteiger partial charge in [-0.1, -0.05) is 12.1 Å². The summed E-state index contributed by atoms with van der Waals surface area (Å²) >= 11 is 0. The Morgan fingerprint density at radius 2 is 1.79 bits per heavy atom. The van der Waals surface area contributed by atoms with Crippen molar-refractivity contribution >= 4 is 35.2 Å². The van der Waals surface area contributed by atoms with Gasteiger partial charge in [-0.2, -0.15) is 0 Å². The number of carbonyl (C=O) groups is 1. The molecular weight excluding hydrogens is 328 g/mol. The molecule has 24 heavy (non-hydrogen) atoms. The summed E-state index contributed by atoms with van der Waals surface area (Å²) in [6.07, 6.45) is 0. The lowest BCUT2D eigenvalue weighted by atomic mass is 10.1. The molecule has 0 saturated heterocycles. The van der Waals surface area contributed by atoms with Crippen LogP contribution in [-0.2, 0) is 6.54 Å². The Kier molecular flexibility index (Phi) is 5.11. The van der Waals surface area contributed by atoms with E-state index in [-0.39, 0.29) is 12.4 Å². The Labute approximate surface area is 145 Å². The van der Waals surface area contributed by atoms with E-state index in [2.05, 4.69) is 10.3 Å². The van der Waals surface area contributed by atoms with Gasteiger partial charge >= 0.3 is 11.7 Å². The maximum atomic E-state index is 12.5. The van der Waals surface area contributed by atoms with Gasteiger partial charge in [0.05, 0.1) is 11.0 Å². The minimum Gasteiger partial charge on any atom is -0.326 e. The van der Waals surface area contributed by atoms with E-state index in [4.69, 9.17) is 5.73 Å². The van der Waals surface area contributed by atoms with Crippen LogP contribution in [0.1, 0.15) is 16.7 Å². The largest absolute Gasteiger partial charge is 0.334 e. The molecule has 0 fully saturated rings. The van der Waals surface area contributed by atoms with Crippen LogP contribution in [0.25, 0.3) is 11.0 Å². The molecule has 4 N–H and O–H groups in total. The molecule has 0 aliphatic rings. The fourth-order valence-corrected chi connectivity index (χ4v) is 2.47. The van der Waals surface area contributed by atoms with Gasteiger partial charge in [0.15, 0.2) is 0 Å². The molecule has 0 aliphatic carbocycles. The van der Waals surface area contributed by atoms with Crippen LogP contribution in [0.15, 0.2) is 41.2 Å². The molecule has 0 atom stereocenters. The second kappa shape index (κ2) is 6.90. The average molecular weight is 347 g/mol. The molecule has 0 bridgehead atoms. The number of hydrogen-bond acceptors (Lipinski definition) is 3. The second-order valence-electron chi connectivity index (χ2n) is 5.55. The first-order valence-corrected chi connectivity index (χ1v) is 7.32. The highest BCUT2D eigenvalue weighted by Gasteiger charge is 2.15. The van der Waals surface area contributed by atoms with E-state index in [0.717, 1.165) is 21.3 Å². The minimum absolute atomic E-state index is 0. The van der Waals surface area contributed by atoms with Crippen LogP contribution < -0.4 is 16.7 Å². The van der Waals surface area contributed by atoms with Crippen molar-refractivity contribution in [3.05, 3.63) is 63.6 Å². The number of benzene rings is 2. The first kappa shape index (κ1) is 17.8. The summed E-state index contributed by atoms with van der Waals surface area (Å²) in [5, 5.41) is 2.73. The van der Waals surface area contributed by atoms with E-state index in [1.54, 1.807) is 12.1 Å². The molecule has 1 heterocycles. The fraction of sp³-hybridized carbons (Fsp3) is 0.176. The lowest BCUT2D eigenvalue weighted by Gasteiger charge is -2.07. The third-order valence-corrected chi connectivity index (χ3v) is 3.94. The number of nitrogens with two attached hydrogens (primary N) is 1. The number of aromatic amines is 1. The van der Waals surface area contributed by atoms with Crippen molar-refractivity contribution in [1.29, 1.82) is 0 Å². The van der Waals surface area contributed by atoms with Gasteiger partial charge in [-0.25, -0.2) is 14.2 Å². The Hall–Kier alpha value is -2.57. The summed E-state index contributed by atoms with van der Waals surface area (Å²) in [6, 6.07) is 10.4. The smallest absolute Gasteiger partial charge is 0.326 e. The molecular formula is C17H19ClN4O2. The molecule has 6 nitrogen and oxygen atoms in total. The number of amides is 1. The highest BCUT2D eigenvalue weighted by molar-refractivity contribution is 5.97. The maximum Gasteiger partial charge on any atom is 0.334 e. The van der Waals surface area contributed by atoms with Crippen LogP contribution in [0.3, 0.4) is 0 Å². The molecule has 2 aromatic carbocycles. The molecule has 0 unspecified atom stereocenters. The summed E-state index contributed by atoms with van der Waals surface area (Å²) in [6.45, 7) is 4.35. The summed E-state index contributed by atoms with van der Waals surface area (Å²) in [4.78, 5) is 27.3. The van der Waals surface area contributed by atoms with E-state index in [0.29, 0.717) is 23.3 Å². The number of halogens is 1. The predicted molar refractivity (Wildman–Crippen MR) is 98.0 cm³/mol. The third kappa shape index (κ3) is 3.20. The zero-order valence-electron chi connectivity index (χ0n) is 13.4. The van der Waals surface area contributed by atoms with Gasteiger partial charge in [0, 0.05) is 12.2 Å². The lowest BCUT2D eigenvalue weighted by Crippen LogP contribution is -2.29. The van der Waals surface area contributed by atoms with Gasteiger partial charge in [0.25, 0.3) is 0 Å². The summed E-state index contributed by atoms with van der Waals surface area (Å²) in [7, 11) is 0. The molecule has 126 valence electrons. The minimum atomic E-state index is -0.495. The van der Waals surface area contributed by atoms with Gasteiger partial charge in [-0.3, -0.25) is 0 Å². The van der Waals surface area contributed by atoms with Crippen LogP contribution in [0.4, 0.5) is 10.5 Å². The molecule has 3 rings (SSSR count). The predicted octanol–water partition coefficient (Wildman–Crippen LogP) is 2.91. The average Bonchev–Trinajstić information content (AvgIpc) is 2.83. The van der Waals surface area contributed by atoms with E-state index in [1.807, 2.05) is 38.1 Å². The maximum absolute atomic E-state index is 12.5. The fourth-order valence-electron chi connectivity index (χ4n) is 2.47. The molecule has 0 radical (unpaired) electrons. The second-order valence-corrected chi connectivity index (χ2v) is 5.55. The molecule has 1 aromatic heterocycles. The SMILES string of the molecule is Cc1cc2[nH]c(=O)n(C(=O)Nc3ccc(CN)cc3)c2cc1C.Cl. The van der Waals surface area contributed by atoms with Gasteiger partial charge in [-0.05, 0) is 54.8 Å². The van der Waals surface area contributed by atoms with Crippen LogP contribution >= 0.6 is 12.4 Å². The normalized spacial score (nSPS) is 10.5. The number of rotatable bonds is 2. The summed E-state index contributed by atoms with van der Waals surface area (Å²) < 4.78 is 1.11. The number of anilines is 1. The molecule has 1 amide bonds. The molecule has 3 aromatic rings. The number of nitrogens with zero attached hydrogens (tertiary/aromatic N) is 1. The topological polar surface area (TPSA) is 92.9 Å². The van der Waals surface area contributed by atoms with Crippen molar-refractivity contribution in [2.75, 3.05) is 5.32 Å². The monoisotopic (exact) mass is 346 g/mol. The van der Waals surface area contributed by atoms with Gasteiger partial charge in [-0.15, -0.1) is 12.4 Å². The number of aromatic nitrogens is 2. The Balaban J connectivity index is 0.00000208. The van der Waals surface area contributed by atoms with Crippen molar-refractivity contribution in [3.63, 3.8) is 0 Å². The number of H-pyrrole nitrogens is 1. The molecule has 7 heteroatoms.